The molecular weight excluding hydrogens is 272 g/mol. The average molecular weight is 285 g/mol. The van der Waals surface area contributed by atoms with Gasteiger partial charge in [-0.25, -0.2) is 0 Å². The van der Waals surface area contributed by atoms with Crippen LogP contribution in [0.2, 0.25) is 0 Å². The Hall–Kier alpha value is -1.28. The van der Waals surface area contributed by atoms with Crippen molar-refractivity contribution in [2.75, 3.05) is 0 Å². The Kier molecular flexibility index (Phi) is 3.76. The second-order valence-corrected chi connectivity index (χ2v) is 4.81. The molecular formula is C11H13BrN2O2. The van der Waals surface area contributed by atoms with Gasteiger partial charge in [0.25, 0.3) is 5.91 Å². The van der Waals surface area contributed by atoms with Crippen molar-refractivity contribution in [3.05, 3.63) is 22.6 Å². The topological polar surface area (TPSA) is 66.0 Å². The molecule has 0 aliphatic rings. The van der Waals surface area contributed by atoms with Crippen LogP contribution < -0.4 is 5.32 Å². The molecule has 0 saturated carbocycles. The zero-order valence-electron chi connectivity index (χ0n) is 9.37. The Labute approximate surface area is 103 Å². The normalized spacial score (nSPS) is 14.2. The van der Waals surface area contributed by atoms with E-state index in [9.17, 15) is 4.79 Å². The van der Waals surface area contributed by atoms with Gasteiger partial charge >= 0.3 is 0 Å². The lowest BCUT2D eigenvalue weighted by Gasteiger charge is -2.26. The molecule has 0 aliphatic carbocycles. The molecule has 0 aromatic carbocycles. The Morgan fingerprint density at radius 3 is 2.62 bits per heavy atom. The average Bonchev–Trinajstić information content (AvgIpc) is 2.64. The van der Waals surface area contributed by atoms with Crippen LogP contribution in [0.4, 0.5) is 0 Å². The first-order valence-electron chi connectivity index (χ1n) is 4.88. The first-order chi connectivity index (χ1) is 7.39. The van der Waals surface area contributed by atoms with Crippen LogP contribution in [0, 0.1) is 17.2 Å². The van der Waals surface area contributed by atoms with Gasteiger partial charge in [0, 0.05) is 0 Å². The monoisotopic (exact) mass is 284 g/mol. The van der Waals surface area contributed by atoms with Gasteiger partial charge in [-0.2, -0.15) is 5.26 Å². The van der Waals surface area contributed by atoms with E-state index in [0.717, 1.165) is 0 Å². The maximum absolute atomic E-state index is 11.8. The molecule has 1 rings (SSSR count). The minimum absolute atomic E-state index is 0.0138. The third-order valence-electron chi connectivity index (χ3n) is 2.56. The molecule has 0 aliphatic heterocycles. The third-order valence-corrected chi connectivity index (χ3v) is 2.98. The third kappa shape index (κ3) is 2.64. The number of rotatable bonds is 3. The van der Waals surface area contributed by atoms with Crippen molar-refractivity contribution in [1.82, 2.24) is 5.32 Å². The van der Waals surface area contributed by atoms with Crippen LogP contribution in [0.5, 0.6) is 0 Å². The molecule has 0 saturated heterocycles. The summed E-state index contributed by atoms with van der Waals surface area (Å²) in [6.45, 7) is 5.44. The van der Waals surface area contributed by atoms with Crippen molar-refractivity contribution >= 4 is 21.8 Å². The Morgan fingerprint density at radius 1 is 1.62 bits per heavy atom. The largest absolute Gasteiger partial charge is 0.444 e. The van der Waals surface area contributed by atoms with Crippen LogP contribution in [-0.2, 0) is 0 Å². The molecule has 4 nitrogen and oxygen atoms in total. The van der Waals surface area contributed by atoms with Crippen LogP contribution in [0.25, 0.3) is 0 Å². The Morgan fingerprint density at radius 2 is 2.25 bits per heavy atom. The molecule has 0 radical (unpaired) electrons. The fraction of sp³-hybridized carbons (Fsp3) is 0.455. The van der Waals surface area contributed by atoms with Crippen LogP contribution in [-0.4, -0.2) is 11.4 Å². The maximum Gasteiger partial charge on any atom is 0.288 e. The van der Waals surface area contributed by atoms with E-state index in [1.54, 1.807) is 19.1 Å². The van der Waals surface area contributed by atoms with Crippen LogP contribution in [0.3, 0.4) is 0 Å². The van der Waals surface area contributed by atoms with E-state index in [1.807, 2.05) is 13.8 Å². The van der Waals surface area contributed by atoms with E-state index in [0.29, 0.717) is 4.67 Å². The zero-order chi connectivity index (χ0) is 12.3. The molecule has 1 N–H and O–H groups in total. The fourth-order valence-corrected chi connectivity index (χ4v) is 1.34. The number of nitrogens with zero attached hydrogens (tertiary/aromatic N) is 1. The highest BCUT2D eigenvalue weighted by molar-refractivity contribution is 9.10. The van der Waals surface area contributed by atoms with Crippen molar-refractivity contribution in [3.8, 4) is 6.07 Å². The molecule has 1 heterocycles. The standard InChI is InChI=1S/C11H13BrN2O2/c1-7(2)11(3,6-13)14-10(15)8-4-5-9(12)16-8/h4-5,7H,1-3H3,(H,14,15)/t11-/m1/s1. The van der Waals surface area contributed by atoms with Crippen molar-refractivity contribution in [2.45, 2.75) is 26.3 Å². The fourth-order valence-electron chi connectivity index (χ4n) is 1.04. The first-order valence-corrected chi connectivity index (χ1v) is 5.67. The lowest BCUT2D eigenvalue weighted by atomic mass is 9.90. The van der Waals surface area contributed by atoms with Gasteiger partial charge in [-0.05, 0) is 40.9 Å². The van der Waals surface area contributed by atoms with Crippen LogP contribution in [0.1, 0.15) is 31.3 Å². The van der Waals surface area contributed by atoms with Crippen LogP contribution >= 0.6 is 15.9 Å². The second-order valence-electron chi connectivity index (χ2n) is 4.03. The van der Waals surface area contributed by atoms with Gasteiger partial charge in [0.15, 0.2) is 10.4 Å². The summed E-state index contributed by atoms with van der Waals surface area (Å²) in [5.74, 6) is -0.183. The number of nitrogens with one attached hydrogen (secondary N) is 1. The summed E-state index contributed by atoms with van der Waals surface area (Å²) in [5.41, 5.74) is -0.893. The van der Waals surface area contributed by atoms with Crippen LogP contribution in [0.15, 0.2) is 21.2 Å². The highest BCUT2D eigenvalue weighted by Crippen LogP contribution is 2.18. The Bertz CT molecular complexity index is 433. The number of furan rings is 1. The van der Waals surface area contributed by atoms with E-state index in [2.05, 4.69) is 27.3 Å². The van der Waals surface area contributed by atoms with E-state index in [1.165, 1.54) is 0 Å². The summed E-state index contributed by atoms with van der Waals surface area (Å²) in [6.07, 6.45) is 0. The SMILES string of the molecule is CC(C)[C@@](C)(C#N)NC(=O)c1ccc(Br)o1. The van der Waals surface area contributed by atoms with Crippen molar-refractivity contribution in [2.24, 2.45) is 5.92 Å². The summed E-state index contributed by atoms with van der Waals surface area (Å²) in [7, 11) is 0. The summed E-state index contributed by atoms with van der Waals surface area (Å²) < 4.78 is 5.60. The minimum Gasteiger partial charge on any atom is -0.444 e. The smallest absolute Gasteiger partial charge is 0.288 e. The number of hydrogen-bond donors (Lipinski definition) is 1. The lowest BCUT2D eigenvalue weighted by Crippen LogP contribution is -2.48. The van der Waals surface area contributed by atoms with Gasteiger partial charge in [0.2, 0.25) is 0 Å². The predicted molar refractivity (Wildman–Crippen MR) is 62.7 cm³/mol. The first kappa shape index (κ1) is 12.8. The van der Waals surface area contributed by atoms with Gasteiger partial charge in [-0.15, -0.1) is 0 Å². The Balaban J connectivity index is 2.83. The van der Waals surface area contributed by atoms with Gasteiger partial charge in [-0.1, -0.05) is 13.8 Å². The number of carbonyl (C=O) groups is 1. The van der Waals surface area contributed by atoms with Gasteiger partial charge in [0.05, 0.1) is 6.07 Å². The minimum atomic E-state index is -0.893. The van der Waals surface area contributed by atoms with E-state index in [-0.39, 0.29) is 17.6 Å². The van der Waals surface area contributed by atoms with Gasteiger partial charge < -0.3 is 9.73 Å². The quantitative estimate of drug-likeness (QED) is 0.928. The molecule has 0 fully saturated rings. The predicted octanol–water partition coefficient (Wildman–Crippen LogP) is 2.71. The molecule has 0 spiro atoms. The van der Waals surface area contributed by atoms with Gasteiger partial charge in [0.1, 0.15) is 5.54 Å². The molecule has 1 aromatic rings. The summed E-state index contributed by atoms with van der Waals surface area (Å²) in [5, 5.41) is 11.7. The zero-order valence-corrected chi connectivity index (χ0v) is 11.0. The summed E-state index contributed by atoms with van der Waals surface area (Å²) >= 11 is 3.11. The van der Waals surface area contributed by atoms with Crippen molar-refractivity contribution in [1.29, 1.82) is 5.26 Å². The van der Waals surface area contributed by atoms with E-state index < -0.39 is 5.54 Å². The molecule has 0 unspecified atom stereocenters. The van der Waals surface area contributed by atoms with Crippen molar-refractivity contribution < 1.29 is 9.21 Å². The highest BCUT2D eigenvalue weighted by atomic mass is 79.9. The molecule has 86 valence electrons. The molecule has 1 amide bonds. The van der Waals surface area contributed by atoms with Crippen molar-refractivity contribution in [3.63, 3.8) is 0 Å². The molecule has 16 heavy (non-hydrogen) atoms. The van der Waals surface area contributed by atoms with Gasteiger partial charge in [-0.3, -0.25) is 4.79 Å². The number of amides is 1. The summed E-state index contributed by atoms with van der Waals surface area (Å²) in [6, 6.07) is 5.29. The molecule has 5 heteroatoms. The molecule has 0 bridgehead atoms. The number of nitriles is 1. The number of carbonyl (C=O) groups excluding carboxylic acids is 1. The van der Waals surface area contributed by atoms with E-state index >= 15 is 0 Å². The summed E-state index contributed by atoms with van der Waals surface area (Å²) in [4.78, 5) is 11.8. The molecule has 1 atom stereocenters. The second kappa shape index (κ2) is 4.71. The molecule has 1 aromatic heterocycles. The maximum atomic E-state index is 11.8. The highest BCUT2D eigenvalue weighted by Gasteiger charge is 2.31. The van der Waals surface area contributed by atoms with E-state index in [4.69, 9.17) is 9.68 Å². The number of halogens is 1. The number of hydrogen-bond acceptors (Lipinski definition) is 3. The lowest BCUT2D eigenvalue weighted by molar-refractivity contribution is 0.0878.